The molecule has 0 atom stereocenters. The number of aromatic nitrogens is 5. The molecule has 9 nitrogen and oxygen atoms in total. The first-order valence-electron chi connectivity index (χ1n) is 9.71. The van der Waals surface area contributed by atoms with Crippen LogP contribution >= 0.6 is 0 Å². The minimum atomic E-state index is -0.510. The van der Waals surface area contributed by atoms with Gasteiger partial charge in [-0.3, -0.25) is 23.1 Å². The molecule has 4 rings (SSSR count). The fourth-order valence-corrected chi connectivity index (χ4v) is 3.72. The monoisotopic (exact) mass is 409 g/mol. The van der Waals surface area contributed by atoms with Gasteiger partial charge in [-0.25, -0.2) is 4.79 Å². The van der Waals surface area contributed by atoms with Gasteiger partial charge in [-0.05, 0) is 18.9 Å². The number of fused-ring (bicyclic) bond motifs is 3. The summed E-state index contributed by atoms with van der Waals surface area (Å²) in [6.45, 7) is 2.61. The van der Waals surface area contributed by atoms with E-state index in [2.05, 4.69) is 21.9 Å². The van der Waals surface area contributed by atoms with Gasteiger partial charge in [0.2, 0.25) is 5.78 Å². The van der Waals surface area contributed by atoms with E-state index in [0.717, 1.165) is 16.7 Å². The summed E-state index contributed by atoms with van der Waals surface area (Å²) in [4.78, 5) is 41.9. The highest BCUT2D eigenvalue weighted by Gasteiger charge is 2.20. The zero-order chi connectivity index (χ0) is 21.4. The maximum atomic E-state index is 13.1. The highest BCUT2D eigenvalue weighted by atomic mass is 16.5. The number of hydrogen-bond donors (Lipinski definition) is 0. The number of aryl methyl sites for hydroxylation is 4. The number of carbonyl (C=O) groups is 1. The summed E-state index contributed by atoms with van der Waals surface area (Å²) in [7, 11) is 2.85. The van der Waals surface area contributed by atoms with Gasteiger partial charge in [-0.15, -0.1) is 0 Å². The van der Waals surface area contributed by atoms with Crippen molar-refractivity contribution in [2.75, 3.05) is 7.11 Å². The Morgan fingerprint density at radius 1 is 1.10 bits per heavy atom. The van der Waals surface area contributed by atoms with Crippen LogP contribution in [0.3, 0.4) is 0 Å². The molecule has 0 amide bonds. The molecule has 0 spiro atoms. The molecule has 0 saturated heterocycles. The zero-order valence-corrected chi connectivity index (χ0v) is 17.2. The van der Waals surface area contributed by atoms with Crippen LogP contribution in [0, 0.1) is 6.92 Å². The van der Waals surface area contributed by atoms with Gasteiger partial charge < -0.3 is 9.30 Å². The van der Waals surface area contributed by atoms with Crippen LogP contribution in [0.2, 0.25) is 0 Å². The Kier molecular flexibility index (Phi) is 5.03. The maximum absolute atomic E-state index is 13.1. The van der Waals surface area contributed by atoms with Crippen molar-refractivity contribution in [1.82, 2.24) is 23.1 Å². The van der Waals surface area contributed by atoms with Crippen LogP contribution in [0.15, 0.2) is 46.1 Å². The lowest BCUT2D eigenvalue weighted by molar-refractivity contribution is -0.140. The Balaban J connectivity index is 1.82. The predicted molar refractivity (Wildman–Crippen MR) is 112 cm³/mol. The van der Waals surface area contributed by atoms with Crippen LogP contribution in [0.4, 0.5) is 0 Å². The standard InChI is InChI=1S/C21H23N5O4/c1-14-13-26-17-18(22-20(26)24(14)11-9-15-7-5-4-6-8-15)23(2)21(29)25(19(17)28)12-10-16(27)30-3/h4-8,13H,9-12H2,1-3H3. The summed E-state index contributed by atoms with van der Waals surface area (Å²) in [5, 5.41) is 0. The SMILES string of the molecule is COC(=O)CCn1c(=O)c2c(nc3n(CCc4ccccc4)c(C)cn23)n(C)c1=O. The lowest BCUT2D eigenvalue weighted by atomic mass is 10.1. The zero-order valence-electron chi connectivity index (χ0n) is 17.2. The van der Waals surface area contributed by atoms with Crippen molar-refractivity contribution in [2.24, 2.45) is 7.05 Å². The molecule has 0 radical (unpaired) electrons. The number of methoxy groups -OCH3 is 1. The molecule has 0 N–H and O–H groups in total. The smallest absolute Gasteiger partial charge is 0.332 e. The first-order chi connectivity index (χ1) is 14.4. The molecular formula is C21H23N5O4. The van der Waals surface area contributed by atoms with E-state index >= 15 is 0 Å². The second kappa shape index (κ2) is 7.66. The van der Waals surface area contributed by atoms with Crippen LogP contribution in [0.5, 0.6) is 0 Å². The van der Waals surface area contributed by atoms with E-state index in [-0.39, 0.29) is 13.0 Å². The predicted octanol–water partition coefficient (Wildman–Crippen LogP) is 1.26. The minimum absolute atomic E-state index is 0.0466. The molecule has 0 aliphatic heterocycles. The summed E-state index contributed by atoms with van der Waals surface area (Å²) in [6.07, 6.45) is 2.61. The maximum Gasteiger partial charge on any atom is 0.332 e. The van der Waals surface area contributed by atoms with Gasteiger partial charge in [0.1, 0.15) is 0 Å². The van der Waals surface area contributed by atoms with Crippen LogP contribution in [-0.2, 0) is 36.1 Å². The number of nitrogens with zero attached hydrogens (tertiary/aromatic N) is 5. The van der Waals surface area contributed by atoms with Crippen molar-refractivity contribution in [3.8, 4) is 0 Å². The summed E-state index contributed by atoms with van der Waals surface area (Å²) in [6, 6.07) is 10.1. The van der Waals surface area contributed by atoms with E-state index in [4.69, 9.17) is 0 Å². The Morgan fingerprint density at radius 2 is 1.83 bits per heavy atom. The van der Waals surface area contributed by atoms with Gasteiger partial charge in [0, 0.05) is 32.0 Å². The molecule has 0 aliphatic rings. The van der Waals surface area contributed by atoms with E-state index in [1.807, 2.05) is 35.9 Å². The van der Waals surface area contributed by atoms with E-state index in [9.17, 15) is 14.4 Å². The molecular weight excluding hydrogens is 386 g/mol. The Hall–Kier alpha value is -3.62. The number of esters is 1. The Bertz CT molecular complexity index is 1360. The third kappa shape index (κ3) is 3.22. The van der Waals surface area contributed by atoms with Crippen molar-refractivity contribution in [3.63, 3.8) is 0 Å². The first kappa shape index (κ1) is 19.7. The van der Waals surface area contributed by atoms with E-state index in [1.54, 1.807) is 11.4 Å². The van der Waals surface area contributed by atoms with E-state index in [1.165, 1.54) is 17.2 Å². The number of carbonyl (C=O) groups excluding carboxylic acids is 1. The van der Waals surface area contributed by atoms with Crippen LogP contribution in [0.1, 0.15) is 17.7 Å². The molecule has 156 valence electrons. The summed E-state index contributed by atoms with van der Waals surface area (Å²) in [5.74, 6) is 0.127. The molecule has 0 aliphatic carbocycles. The average molecular weight is 409 g/mol. The lowest BCUT2D eigenvalue weighted by Crippen LogP contribution is -2.39. The molecule has 4 aromatic rings. The number of ether oxygens (including phenoxy) is 1. The molecule has 0 bridgehead atoms. The molecule has 30 heavy (non-hydrogen) atoms. The number of benzene rings is 1. The van der Waals surface area contributed by atoms with Crippen LogP contribution < -0.4 is 11.2 Å². The molecule has 3 heterocycles. The molecule has 1 aromatic carbocycles. The van der Waals surface area contributed by atoms with Crippen molar-refractivity contribution in [3.05, 3.63) is 68.6 Å². The Labute approximate surface area is 171 Å². The van der Waals surface area contributed by atoms with Gasteiger partial charge >= 0.3 is 11.7 Å². The van der Waals surface area contributed by atoms with Crippen LogP contribution in [-0.4, -0.2) is 36.2 Å². The second-order valence-corrected chi connectivity index (χ2v) is 7.24. The quantitative estimate of drug-likeness (QED) is 0.447. The van der Waals surface area contributed by atoms with Crippen molar-refractivity contribution in [2.45, 2.75) is 32.9 Å². The van der Waals surface area contributed by atoms with Gasteiger partial charge in [-0.2, -0.15) is 4.98 Å². The van der Waals surface area contributed by atoms with Gasteiger partial charge in [-0.1, -0.05) is 30.3 Å². The van der Waals surface area contributed by atoms with Crippen molar-refractivity contribution in [1.29, 1.82) is 0 Å². The minimum Gasteiger partial charge on any atom is -0.469 e. The van der Waals surface area contributed by atoms with Gasteiger partial charge in [0.05, 0.1) is 13.5 Å². The van der Waals surface area contributed by atoms with Crippen molar-refractivity contribution >= 4 is 22.9 Å². The summed E-state index contributed by atoms with van der Waals surface area (Å²) in [5.41, 5.74) is 1.83. The topological polar surface area (TPSA) is 92.5 Å². The highest BCUT2D eigenvalue weighted by molar-refractivity contribution is 5.75. The number of hydrogen-bond acceptors (Lipinski definition) is 5. The van der Waals surface area contributed by atoms with Crippen molar-refractivity contribution < 1.29 is 9.53 Å². The second-order valence-electron chi connectivity index (χ2n) is 7.24. The number of imidazole rings is 2. The fourth-order valence-electron chi connectivity index (χ4n) is 3.72. The first-order valence-corrected chi connectivity index (χ1v) is 9.71. The third-order valence-corrected chi connectivity index (χ3v) is 5.37. The Morgan fingerprint density at radius 3 is 2.53 bits per heavy atom. The third-order valence-electron chi connectivity index (χ3n) is 5.37. The number of rotatable bonds is 6. The summed E-state index contributed by atoms with van der Waals surface area (Å²) < 4.78 is 10.8. The van der Waals surface area contributed by atoms with E-state index < -0.39 is 17.2 Å². The molecule has 0 fully saturated rings. The van der Waals surface area contributed by atoms with Gasteiger partial charge in [0.25, 0.3) is 5.56 Å². The molecule has 9 heteroatoms. The summed E-state index contributed by atoms with van der Waals surface area (Å²) >= 11 is 0. The molecule has 0 saturated carbocycles. The van der Waals surface area contributed by atoms with E-state index in [0.29, 0.717) is 23.5 Å². The lowest BCUT2D eigenvalue weighted by Gasteiger charge is -2.07. The van der Waals surface area contributed by atoms with Gasteiger partial charge in [0.15, 0.2) is 11.2 Å². The highest BCUT2D eigenvalue weighted by Crippen LogP contribution is 2.17. The van der Waals surface area contributed by atoms with Crippen LogP contribution in [0.25, 0.3) is 16.9 Å². The normalized spacial score (nSPS) is 11.4. The largest absolute Gasteiger partial charge is 0.469 e. The molecule has 0 unspecified atom stereocenters. The fraction of sp³-hybridized carbons (Fsp3) is 0.333. The average Bonchev–Trinajstić information content (AvgIpc) is 3.26. The molecule has 3 aromatic heterocycles.